The summed E-state index contributed by atoms with van der Waals surface area (Å²) in [6.45, 7) is 2.90. The molecule has 31 heavy (non-hydrogen) atoms. The SMILES string of the molecule is CN(C)c1ccccc1CN1CC[C@@H](Nc2cnc(/C=C/C(=O)NO)cn2)C1.Cl.Cl.Cl. The van der Waals surface area contributed by atoms with Crippen LogP contribution in [0.1, 0.15) is 17.7 Å². The Hall–Kier alpha value is -2.10. The minimum absolute atomic E-state index is 0. The van der Waals surface area contributed by atoms with Crippen LogP contribution in [0.3, 0.4) is 0 Å². The molecule has 0 radical (unpaired) electrons. The lowest BCUT2D eigenvalue weighted by Gasteiger charge is -2.22. The molecule has 172 valence electrons. The van der Waals surface area contributed by atoms with Gasteiger partial charge in [-0.05, 0) is 24.1 Å². The molecule has 0 bridgehead atoms. The average Bonchev–Trinajstić information content (AvgIpc) is 3.14. The number of aromatic nitrogens is 2. The van der Waals surface area contributed by atoms with Crippen LogP contribution in [-0.4, -0.2) is 59.2 Å². The highest BCUT2D eigenvalue weighted by atomic mass is 35.5. The van der Waals surface area contributed by atoms with E-state index in [0.717, 1.165) is 26.1 Å². The highest BCUT2D eigenvalue weighted by Gasteiger charge is 2.23. The Morgan fingerprint density at radius 2 is 1.97 bits per heavy atom. The van der Waals surface area contributed by atoms with Crippen LogP contribution in [0.4, 0.5) is 11.5 Å². The number of hydroxylamine groups is 1. The van der Waals surface area contributed by atoms with Crippen molar-refractivity contribution in [1.82, 2.24) is 20.3 Å². The fraction of sp³-hybridized carbons (Fsp3) is 0.350. The lowest BCUT2D eigenvalue weighted by atomic mass is 10.1. The molecule has 8 nitrogen and oxygen atoms in total. The number of benzene rings is 1. The highest BCUT2D eigenvalue weighted by molar-refractivity contribution is 5.90. The van der Waals surface area contributed by atoms with Crippen LogP contribution in [0.25, 0.3) is 6.08 Å². The standard InChI is InChI=1S/C20H26N6O2.3ClH/c1-25(2)18-6-4-3-5-15(18)13-26-10-9-17(14-26)23-19-12-21-16(11-22-19)7-8-20(27)24-28;;;/h3-8,11-12,17,28H,9-10,13-14H2,1-2H3,(H,22,23)(H,24,27);3*1H/b8-7+;;;/t17-;;;/m1.../s1. The molecule has 1 amide bonds. The molecule has 0 unspecified atom stereocenters. The number of nitrogens with one attached hydrogen (secondary N) is 2. The fourth-order valence-corrected chi connectivity index (χ4v) is 3.32. The van der Waals surface area contributed by atoms with Gasteiger partial charge in [0.1, 0.15) is 5.82 Å². The minimum atomic E-state index is -0.606. The summed E-state index contributed by atoms with van der Waals surface area (Å²) in [6, 6.07) is 8.81. The molecule has 0 saturated carbocycles. The maximum absolute atomic E-state index is 11.0. The molecule has 1 aromatic carbocycles. The van der Waals surface area contributed by atoms with Gasteiger partial charge in [0.2, 0.25) is 0 Å². The summed E-state index contributed by atoms with van der Waals surface area (Å²) in [5, 5.41) is 11.9. The summed E-state index contributed by atoms with van der Waals surface area (Å²) in [5.74, 6) is 0.107. The summed E-state index contributed by atoms with van der Waals surface area (Å²) < 4.78 is 0. The number of hydrogen-bond acceptors (Lipinski definition) is 7. The third kappa shape index (κ3) is 8.51. The maximum Gasteiger partial charge on any atom is 0.267 e. The predicted molar refractivity (Wildman–Crippen MR) is 131 cm³/mol. The van der Waals surface area contributed by atoms with E-state index in [-0.39, 0.29) is 37.2 Å². The first kappa shape index (κ1) is 28.9. The topological polar surface area (TPSA) is 93.6 Å². The van der Waals surface area contributed by atoms with Gasteiger partial charge in [-0.2, -0.15) is 0 Å². The number of halogens is 3. The Kier molecular flexibility index (Phi) is 13.1. The molecular formula is C20H29Cl3N6O2. The van der Waals surface area contributed by atoms with Gasteiger partial charge < -0.3 is 10.2 Å². The molecule has 3 N–H and O–H groups in total. The number of carbonyl (C=O) groups is 1. The van der Waals surface area contributed by atoms with Gasteiger partial charge in [0.25, 0.3) is 5.91 Å². The first-order chi connectivity index (χ1) is 13.5. The molecule has 2 heterocycles. The Morgan fingerprint density at radius 3 is 2.61 bits per heavy atom. The van der Waals surface area contributed by atoms with E-state index in [1.165, 1.54) is 28.9 Å². The van der Waals surface area contributed by atoms with E-state index >= 15 is 0 Å². The molecule has 1 aliphatic rings. The summed E-state index contributed by atoms with van der Waals surface area (Å²) in [4.78, 5) is 24.2. The van der Waals surface area contributed by atoms with E-state index in [4.69, 9.17) is 5.21 Å². The zero-order chi connectivity index (χ0) is 19.9. The highest BCUT2D eigenvalue weighted by Crippen LogP contribution is 2.22. The van der Waals surface area contributed by atoms with Gasteiger partial charge in [-0.15, -0.1) is 37.2 Å². The van der Waals surface area contributed by atoms with E-state index < -0.39 is 5.91 Å². The number of hydrogen-bond donors (Lipinski definition) is 3. The fourth-order valence-electron chi connectivity index (χ4n) is 3.32. The van der Waals surface area contributed by atoms with Crippen molar-refractivity contribution in [2.45, 2.75) is 19.0 Å². The molecule has 0 spiro atoms. The van der Waals surface area contributed by atoms with Crippen LogP contribution >= 0.6 is 37.2 Å². The Labute approximate surface area is 201 Å². The second-order valence-electron chi connectivity index (χ2n) is 7.02. The summed E-state index contributed by atoms with van der Waals surface area (Å²) >= 11 is 0. The molecule has 3 rings (SSSR count). The van der Waals surface area contributed by atoms with Crippen molar-refractivity contribution in [3.05, 3.63) is 54.0 Å². The van der Waals surface area contributed by atoms with Crippen LogP contribution in [0, 0.1) is 0 Å². The average molecular weight is 492 g/mol. The van der Waals surface area contributed by atoms with Crippen molar-refractivity contribution >= 4 is 60.7 Å². The first-order valence-electron chi connectivity index (χ1n) is 9.23. The summed E-state index contributed by atoms with van der Waals surface area (Å²) in [6.07, 6.45) is 6.97. The van der Waals surface area contributed by atoms with Gasteiger partial charge in [0.15, 0.2) is 0 Å². The Bertz CT molecular complexity index is 836. The second-order valence-corrected chi connectivity index (χ2v) is 7.02. The molecule has 1 fully saturated rings. The van der Waals surface area contributed by atoms with Crippen molar-refractivity contribution in [3.8, 4) is 0 Å². The quantitative estimate of drug-likeness (QED) is 0.311. The van der Waals surface area contributed by atoms with Crippen LogP contribution in [-0.2, 0) is 11.3 Å². The predicted octanol–water partition coefficient (Wildman–Crippen LogP) is 3.01. The normalized spacial score (nSPS) is 15.4. The lowest BCUT2D eigenvalue weighted by molar-refractivity contribution is -0.124. The third-order valence-corrected chi connectivity index (χ3v) is 4.68. The van der Waals surface area contributed by atoms with Gasteiger partial charge in [0.05, 0.1) is 18.1 Å². The van der Waals surface area contributed by atoms with E-state index in [1.807, 2.05) is 0 Å². The van der Waals surface area contributed by atoms with Gasteiger partial charge >= 0.3 is 0 Å². The third-order valence-electron chi connectivity index (χ3n) is 4.68. The van der Waals surface area contributed by atoms with E-state index in [2.05, 4.69) is 63.4 Å². The number of nitrogens with zero attached hydrogens (tertiary/aromatic N) is 4. The Balaban J connectivity index is 0.00000300. The number of amides is 1. The van der Waals surface area contributed by atoms with Crippen LogP contribution in [0.15, 0.2) is 42.7 Å². The molecule has 0 aliphatic carbocycles. The molecule has 1 saturated heterocycles. The molecule has 11 heteroatoms. The van der Waals surface area contributed by atoms with E-state index in [9.17, 15) is 4.79 Å². The summed E-state index contributed by atoms with van der Waals surface area (Å²) in [7, 11) is 4.14. The van der Waals surface area contributed by atoms with Crippen molar-refractivity contribution in [1.29, 1.82) is 0 Å². The molecule has 1 aromatic heterocycles. The Morgan fingerprint density at radius 1 is 1.23 bits per heavy atom. The van der Waals surface area contributed by atoms with Gasteiger partial charge in [-0.1, -0.05) is 18.2 Å². The number of likely N-dealkylation sites (tertiary alicyclic amines) is 1. The largest absolute Gasteiger partial charge is 0.377 e. The molecule has 1 atom stereocenters. The minimum Gasteiger partial charge on any atom is -0.377 e. The number of anilines is 2. The van der Waals surface area contributed by atoms with Crippen LogP contribution in [0.5, 0.6) is 0 Å². The number of carbonyl (C=O) groups excluding carboxylic acids is 1. The molecular weight excluding hydrogens is 463 g/mol. The van der Waals surface area contributed by atoms with E-state index in [0.29, 0.717) is 17.6 Å². The van der Waals surface area contributed by atoms with Crippen LogP contribution in [0.2, 0.25) is 0 Å². The number of para-hydroxylation sites is 1. The van der Waals surface area contributed by atoms with Gasteiger partial charge in [0, 0.05) is 51.5 Å². The van der Waals surface area contributed by atoms with Crippen molar-refractivity contribution < 1.29 is 10.0 Å². The first-order valence-corrected chi connectivity index (χ1v) is 9.23. The van der Waals surface area contributed by atoms with Gasteiger partial charge in [-0.25, -0.2) is 10.5 Å². The lowest BCUT2D eigenvalue weighted by Crippen LogP contribution is -2.27. The van der Waals surface area contributed by atoms with Crippen molar-refractivity contribution in [2.24, 2.45) is 0 Å². The van der Waals surface area contributed by atoms with Crippen LogP contribution < -0.4 is 15.7 Å². The molecule has 1 aliphatic heterocycles. The van der Waals surface area contributed by atoms with Gasteiger partial charge in [-0.3, -0.25) is 19.9 Å². The summed E-state index contributed by atoms with van der Waals surface area (Å²) in [5.41, 5.74) is 4.66. The molecule has 2 aromatic rings. The smallest absolute Gasteiger partial charge is 0.267 e. The van der Waals surface area contributed by atoms with Crippen molar-refractivity contribution in [3.63, 3.8) is 0 Å². The second kappa shape index (κ2) is 14.1. The maximum atomic E-state index is 11.0. The van der Waals surface area contributed by atoms with E-state index in [1.54, 1.807) is 12.4 Å². The zero-order valence-corrected chi connectivity index (χ0v) is 19.8. The monoisotopic (exact) mass is 490 g/mol. The number of rotatable bonds is 7. The zero-order valence-electron chi connectivity index (χ0n) is 17.4. The van der Waals surface area contributed by atoms with Crippen molar-refractivity contribution in [2.75, 3.05) is 37.4 Å².